The summed E-state index contributed by atoms with van der Waals surface area (Å²) in [5.74, 6) is -0.220. The van der Waals surface area contributed by atoms with Crippen LogP contribution in [0.15, 0.2) is 88.4 Å². The van der Waals surface area contributed by atoms with Crippen molar-refractivity contribution in [2.75, 3.05) is 5.01 Å². The average molecular weight is 395 g/mol. The third kappa shape index (κ3) is 3.35. The summed E-state index contributed by atoms with van der Waals surface area (Å²) in [6.45, 7) is 0. The van der Waals surface area contributed by atoms with Gasteiger partial charge in [-0.15, -0.1) is 0 Å². The molecule has 0 aliphatic carbocycles. The van der Waals surface area contributed by atoms with Crippen LogP contribution >= 0.6 is 15.9 Å². The molecule has 0 fully saturated rings. The van der Waals surface area contributed by atoms with Crippen LogP contribution in [-0.2, 0) is 0 Å². The molecule has 1 heterocycles. The maximum Gasteiger partial charge on any atom is 0.123 e. The highest BCUT2D eigenvalue weighted by molar-refractivity contribution is 9.10. The number of benzene rings is 3. The summed E-state index contributed by atoms with van der Waals surface area (Å²) in [5, 5.41) is 6.91. The maximum atomic E-state index is 13.3. The van der Waals surface area contributed by atoms with Crippen molar-refractivity contribution in [2.45, 2.75) is 12.5 Å². The Morgan fingerprint density at radius 2 is 1.56 bits per heavy atom. The lowest BCUT2D eigenvalue weighted by atomic mass is 9.98. The predicted molar refractivity (Wildman–Crippen MR) is 103 cm³/mol. The number of hydrazone groups is 1. The van der Waals surface area contributed by atoms with Crippen LogP contribution in [0.5, 0.6) is 0 Å². The maximum absolute atomic E-state index is 13.3. The van der Waals surface area contributed by atoms with E-state index in [1.165, 1.54) is 12.1 Å². The standard InChI is InChI=1S/C21H16BrFN2/c22-17-10-6-15(7-11-17)20-14-21(16-8-12-18(23)13-9-16)25(24-20)19-4-2-1-3-5-19/h1-13,21H,14H2. The molecular formula is C21H16BrFN2. The second-order valence-corrected chi connectivity index (χ2v) is 6.92. The molecule has 1 aliphatic rings. The summed E-state index contributed by atoms with van der Waals surface area (Å²) in [6.07, 6.45) is 0.780. The van der Waals surface area contributed by atoms with Gasteiger partial charge in [-0.2, -0.15) is 5.10 Å². The van der Waals surface area contributed by atoms with E-state index in [0.29, 0.717) is 0 Å². The zero-order valence-corrected chi connectivity index (χ0v) is 15.0. The van der Waals surface area contributed by atoms with Crippen LogP contribution in [0.2, 0.25) is 0 Å². The fourth-order valence-electron chi connectivity index (χ4n) is 3.09. The Balaban J connectivity index is 1.73. The molecule has 1 atom stereocenters. The SMILES string of the molecule is Fc1ccc(C2CC(c3ccc(Br)cc3)=NN2c2ccccc2)cc1. The van der Waals surface area contributed by atoms with E-state index >= 15 is 0 Å². The first-order chi connectivity index (χ1) is 12.2. The van der Waals surface area contributed by atoms with Crippen molar-refractivity contribution in [3.63, 3.8) is 0 Å². The van der Waals surface area contributed by atoms with E-state index in [-0.39, 0.29) is 11.9 Å². The van der Waals surface area contributed by atoms with Gasteiger partial charge in [-0.3, -0.25) is 5.01 Å². The Morgan fingerprint density at radius 3 is 2.24 bits per heavy atom. The minimum Gasteiger partial charge on any atom is -0.257 e. The lowest BCUT2D eigenvalue weighted by Crippen LogP contribution is -2.18. The highest BCUT2D eigenvalue weighted by Crippen LogP contribution is 2.36. The van der Waals surface area contributed by atoms with Gasteiger partial charge in [0.05, 0.1) is 17.4 Å². The zero-order chi connectivity index (χ0) is 17.2. The summed E-state index contributed by atoms with van der Waals surface area (Å²) in [7, 11) is 0. The fraction of sp³-hybridized carbons (Fsp3) is 0.0952. The smallest absolute Gasteiger partial charge is 0.123 e. The number of nitrogens with zero attached hydrogens (tertiary/aromatic N) is 2. The summed E-state index contributed by atoms with van der Waals surface area (Å²) in [6, 6.07) is 25.0. The Labute approximate surface area is 154 Å². The number of para-hydroxylation sites is 1. The van der Waals surface area contributed by atoms with Crippen molar-refractivity contribution < 1.29 is 4.39 Å². The first-order valence-electron chi connectivity index (χ1n) is 8.14. The van der Waals surface area contributed by atoms with E-state index in [9.17, 15) is 4.39 Å². The predicted octanol–water partition coefficient (Wildman–Crippen LogP) is 5.94. The van der Waals surface area contributed by atoms with Gasteiger partial charge in [0.25, 0.3) is 0 Å². The van der Waals surface area contributed by atoms with Gasteiger partial charge in [0.1, 0.15) is 5.82 Å². The van der Waals surface area contributed by atoms with Crippen molar-refractivity contribution in [2.24, 2.45) is 5.10 Å². The third-order valence-electron chi connectivity index (χ3n) is 4.36. The van der Waals surface area contributed by atoms with Crippen LogP contribution in [0.1, 0.15) is 23.6 Å². The molecule has 0 bridgehead atoms. The topological polar surface area (TPSA) is 15.6 Å². The first-order valence-corrected chi connectivity index (χ1v) is 8.93. The van der Waals surface area contributed by atoms with Crippen molar-refractivity contribution in [1.29, 1.82) is 0 Å². The molecule has 2 nitrogen and oxygen atoms in total. The number of halogens is 2. The minimum absolute atomic E-state index is 0.0571. The Hall–Kier alpha value is -2.46. The molecule has 0 saturated carbocycles. The minimum atomic E-state index is -0.220. The molecule has 0 spiro atoms. The van der Waals surface area contributed by atoms with E-state index in [2.05, 4.69) is 28.1 Å². The van der Waals surface area contributed by atoms with Gasteiger partial charge >= 0.3 is 0 Å². The van der Waals surface area contributed by atoms with Gasteiger partial charge in [0, 0.05) is 10.9 Å². The highest BCUT2D eigenvalue weighted by atomic mass is 79.9. The Kier molecular flexibility index (Phi) is 4.36. The fourth-order valence-corrected chi connectivity index (χ4v) is 3.35. The van der Waals surface area contributed by atoms with Crippen LogP contribution in [0.3, 0.4) is 0 Å². The summed E-state index contributed by atoms with van der Waals surface area (Å²) < 4.78 is 14.4. The third-order valence-corrected chi connectivity index (χ3v) is 4.89. The van der Waals surface area contributed by atoms with Gasteiger partial charge in [-0.1, -0.05) is 58.4 Å². The van der Waals surface area contributed by atoms with Crippen molar-refractivity contribution in [1.82, 2.24) is 0 Å². The molecular weight excluding hydrogens is 379 g/mol. The van der Waals surface area contributed by atoms with E-state index < -0.39 is 0 Å². The van der Waals surface area contributed by atoms with Crippen LogP contribution in [0.4, 0.5) is 10.1 Å². The van der Waals surface area contributed by atoms with E-state index in [4.69, 9.17) is 5.10 Å². The molecule has 25 heavy (non-hydrogen) atoms. The molecule has 4 rings (SSSR count). The molecule has 0 amide bonds. The Bertz CT molecular complexity index is 889. The van der Waals surface area contributed by atoms with Gasteiger partial charge in [0.2, 0.25) is 0 Å². The molecule has 0 N–H and O–H groups in total. The molecule has 1 aliphatic heterocycles. The van der Waals surface area contributed by atoms with Crippen LogP contribution in [0.25, 0.3) is 0 Å². The number of hydrogen-bond donors (Lipinski definition) is 0. The molecule has 124 valence electrons. The first kappa shape index (κ1) is 16.0. The van der Waals surface area contributed by atoms with Gasteiger partial charge in [-0.05, 0) is 47.5 Å². The van der Waals surface area contributed by atoms with Crippen molar-refractivity contribution in [3.05, 3.63) is 100 Å². The van der Waals surface area contributed by atoms with Gasteiger partial charge in [0.15, 0.2) is 0 Å². The summed E-state index contributed by atoms with van der Waals surface area (Å²) in [4.78, 5) is 0. The molecule has 0 aromatic heterocycles. The quantitative estimate of drug-likeness (QED) is 0.536. The molecule has 1 unspecified atom stereocenters. The van der Waals surface area contributed by atoms with Crippen LogP contribution in [0, 0.1) is 5.82 Å². The van der Waals surface area contributed by atoms with Crippen LogP contribution in [-0.4, -0.2) is 5.71 Å². The van der Waals surface area contributed by atoms with Crippen LogP contribution < -0.4 is 5.01 Å². The van der Waals surface area contributed by atoms with Crippen molar-refractivity contribution >= 4 is 27.3 Å². The lowest BCUT2D eigenvalue weighted by Gasteiger charge is -2.23. The number of rotatable bonds is 3. The largest absolute Gasteiger partial charge is 0.257 e. The van der Waals surface area contributed by atoms with Gasteiger partial charge < -0.3 is 0 Å². The molecule has 4 heteroatoms. The van der Waals surface area contributed by atoms with E-state index in [1.807, 2.05) is 59.6 Å². The average Bonchev–Trinajstić information content (AvgIpc) is 3.09. The summed E-state index contributed by atoms with van der Waals surface area (Å²) in [5.41, 5.74) is 4.23. The Morgan fingerprint density at radius 1 is 0.880 bits per heavy atom. The summed E-state index contributed by atoms with van der Waals surface area (Å²) >= 11 is 3.47. The van der Waals surface area contributed by atoms with E-state index in [0.717, 1.165) is 33.4 Å². The second-order valence-electron chi connectivity index (χ2n) is 6.01. The zero-order valence-electron chi connectivity index (χ0n) is 13.4. The van der Waals surface area contributed by atoms with E-state index in [1.54, 1.807) is 0 Å². The lowest BCUT2D eigenvalue weighted by molar-refractivity contribution is 0.624. The normalized spacial score (nSPS) is 16.8. The second kappa shape index (κ2) is 6.81. The monoisotopic (exact) mass is 394 g/mol. The number of anilines is 1. The molecule has 3 aromatic rings. The number of hydrogen-bond acceptors (Lipinski definition) is 2. The molecule has 0 saturated heterocycles. The van der Waals surface area contributed by atoms with Gasteiger partial charge in [-0.25, -0.2) is 4.39 Å². The molecule has 3 aromatic carbocycles. The highest BCUT2D eigenvalue weighted by Gasteiger charge is 2.29. The molecule has 0 radical (unpaired) electrons. The van der Waals surface area contributed by atoms with Crippen molar-refractivity contribution in [3.8, 4) is 0 Å².